The van der Waals surface area contributed by atoms with Crippen molar-refractivity contribution >= 4 is 56.4 Å². The summed E-state index contributed by atoms with van der Waals surface area (Å²) < 4.78 is 5.68. The standard InChI is InChI=1S/C17H22N4O3S3/c1-4-18-16-20-21-17(27-16)25-8-12(22)19-14-13(15(23)24-3)10-6-5-9(2)7-11(10)26-14/h9H,4-8H2,1-3H3,(H,18,20)(H,19,22). The van der Waals surface area contributed by atoms with Gasteiger partial charge in [-0.3, -0.25) is 4.79 Å². The molecule has 2 N–H and O–H groups in total. The van der Waals surface area contributed by atoms with Crippen molar-refractivity contribution in [2.24, 2.45) is 5.92 Å². The lowest BCUT2D eigenvalue weighted by Gasteiger charge is -2.18. The van der Waals surface area contributed by atoms with Gasteiger partial charge in [0.2, 0.25) is 11.0 Å². The topological polar surface area (TPSA) is 93.2 Å². The van der Waals surface area contributed by atoms with Gasteiger partial charge in [0.25, 0.3) is 0 Å². The highest BCUT2D eigenvalue weighted by atomic mass is 32.2. The van der Waals surface area contributed by atoms with Gasteiger partial charge in [0.1, 0.15) is 5.00 Å². The van der Waals surface area contributed by atoms with Gasteiger partial charge in [-0.25, -0.2) is 4.79 Å². The molecule has 10 heteroatoms. The number of amides is 1. The van der Waals surface area contributed by atoms with Crippen molar-refractivity contribution in [2.45, 2.75) is 37.4 Å². The lowest BCUT2D eigenvalue weighted by atomic mass is 9.88. The second kappa shape index (κ2) is 9.03. The number of hydrogen-bond acceptors (Lipinski definition) is 9. The number of fused-ring (bicyclic) bond motifs is 1. The first-order chi connectivity index (χ1) is 13.0. The predicted octanol–water partition coefficient (Wildman–Crippen LogP) is 3.67. The molecule has 0 aliphatic heterocycles. The van der Waals surface area contributed by atoms with Gasteiger partial charge in [-0.1, -0.05) is 30.0 Å². The van der Waals surface area contributed by atoms with Crippen LogP contribution in [0.5, 0.6) is 0 Å². The molecule has 1 unspecified atom stereocenters. The maximum Gasteiger partial charge on any atom is 0.341 e. The van der Waals surface area contributed by atoms with Gasteiger partial charge < -0.3 is 15.4 Å². The fourth-order valence-electron chi connectivity index (χ4n) is 2.94. The SMILES string of the molecule is CCNc1nnc(SCC(=O)Nc2sc3c(c2C(=O)OC)CCC(C)C3)s1. The number of nitrogens with zero attached hydrogens (tertiary/aromatic N) is 2. The average Bonchev–Trinajstić information content (AvgIpc) is 3.23. The summed E-state index contributed by atoms with van der Waals surface area (Å²) in [6.07, 6.45) is 2.83. The van der Waals surface area contributed by atoms with Crippen LogP contribution in [-0.4, -0.2) is 41.5 Å². The molecule has 2 aromatic rings. The molecule has 0 spiro atoms. The van der Waals surface area contributed by atoms with Crippen LogP contribution in [-0.2, 0) is 22.4 Å². The molecule has 0 saturated carbocycles. The first-order valence-corrected chi connectivity index (χ1v) is 11.4. The minimum atomic E-state index is -0.385. The van der Waals surface area contributed by atoms with E-state index in [1.807, 2.05) is 6.92 Å². The van der Waals surface area contributed by atoms with Crippen molar-refractivity contribution in [3.8, 4) is 0 Å². The smallest absolute Gasteiger partial charge is 0.341 e. The highest BCUT2D eigenvalue weighted by Gasteiger charge is 2.28. The summed E-state index contributed by atoms with van der Waals surface area (Å²) in [6.45, 7) is 4.97. The van der Waals surface area contributed by atoms with E-state index in [2.05, 4.69) is 27.8 Å². The Morgan fingerprint density at radius 1 is 1.33 bits per heavy atom. The van der Waals surface area contributed by atoms with Gasteiger partial charge in [0.05, 0.1) is 18.4 Å². The highest BCUT2D eigenvalue weighted by Crippen LogP contribution is 2.40. The van der Waals surface area contributed by atoms with E-state index >= 15 is 0 Å². The van der Waals surface area contributed by atoms with Crippen LogP contribution in [0.3, 0.4) is 0 Å². The minimum absolute atomic E-state index is 0.169. The molecular weight excluding hydrogens is 404 g/mol. The molecule has 0 bridgehead atoms. The Kier molecular flexibility index (Phi) is 6.72. The summed E-state index contributed by atoms with van der Waals surface area (Å²) in [6, 6.07) is 0. The number of methoxy groups -OCH3 is 1. The van der Waals surface area contributed by atoms with E-state index in [4.69, 9.17) is 4.74 Å². The number of carbonyl (C=O) groups excluding carboxylic acids is 2. The van der Waals surface area contributed by atoms with Gasteiger partial charge in [-0.05, 0) is 37.7 Å². The molecule has 1 amide bonds. The lowest BCUT2D eigenvalue weighted by Crippen LogP contribution is -2.17. The van der Waals surface area contributed by atoms with Crippen molar-refractivity contribution in [3.63, 3.8) is 0 Å². The predicted molar refractivity (Wildman–Crippen MR) is 110 cm³/mol. The molecule has 1 atom stereocenters. The number of nitrogens with one attached hydrogen (secondary N) is 2. The molecule has 0 fully saturated rings. The number of aromatic nitrogens is 2. The zero-order valence-corrected chi connectivity index (χ0v) is 17.9. The van der Waals surface area contributed by atoms with Crippen molar-refractivity contribution in [1.82, 2.24) is 10.2 Å². The maximum absolute atomic E-state index is 12.4. The number of hydrogen-bond donors (Lipinski definition) is 2. The van der Waals surface area contributed by atoms with Crippen LogP contribution < -0.4 is 10.6 Å². The first-order valence-electron chi connectivity index (χ1n) is 8.74. The Balaban J connectivity index is 1.68. The lowest BCUT2D eigenvalue weighted by molar-refractivity contribution is -0.113. The number of rotatable bonds is 7. The molecule has 3 rings (SSSR count). The molecule has 0 saturated heterocycles. The third-order valence-electron chi connectivity index (χ3n) is 4.22. The molecule has 0 radical (unpaired) electrons. The zero-order valence-electron chi connectivity index (χ0n) is 15.5. The third kappa shape index (κ3) is 4.80. The molecule has 1 aliphatic rings. The summed E-state index contributed by atoms with van der Waals surface area (Å²) in [5.41, 5.74) is 1.56. The van der Waals surface area contributed by atoms with E-state index in [1.54, 1.807) is 0 Å². The summed E-state index contributed by atoms with van der Waals surface area (Å²) in [5.74, 6) is 0.242. The number of carbonyl (C=O) groups is 2. The summed E-state index contributed by atoms with van der Waals surface area (Å²) in [4.78, 5) is 25.9. The van der Waals surface area contributed by atoms with E-state index in [9.17, 15) is 9.59 Å². The van der Waals surface area contributed by atoms with Crippen LogP contribution in [0.4, 0.5) is 10.1 Å². The molecule has 0 aromatic carbocycles. The van der Waals surface area contributed by atoms with Gasteiger partial charge >= 0.3 is 5.97 Å². The van der Waals surface area contributed by atoms with Crippen LogP contribution in [0.15, 0.2) is 4.34 Å². The molecule has 7 nitrogen and oxygen atoms in total. The van der Waals surface area contributed by atoms with Crippen LogP contribution in [0.1, 0.15) is 41.1 Å². The quantitative estimate of drug-likeness (QED) is 0.515. The summed E-state index contributed by atoms with van der Waals surface area (Å²) >= 11 is 4.24. The zero-order chi connectivity index (χ0) is 19.4. The Labute approximate surface area is 170 Å². The van der Waals surface area contributed by atoms with Crippen LogP contribution in [0, 0.1) is 5.92 Å². The first kappa shape index (κ1) is 20.1. The molecule has 27 heavy (non-hydrogen) atoms. The molecule has 1 aliphatic carbocycles. The summed E-state index contributed by atoms with van der Waals surface area (Å²) in [7, 11) is 1.37. The average molecular weight is 427 g/mol. The Morgan fingerprint density at radius 3 is 2.89 bits per heavy atom. The van der Waals surface area contributed by atoms with Gasteiger partial charge in [-0.15, -0.1) is 21.5 Å². The fraction of sp³-hybridized carbons (Fsp3) is 0.529. The highest BCUT2D eigenvalue weighted by molar-refractivity contribution is 8.01. The molecule has 2 aromatic heterocycles. The fourth-order valence-corrected chi connectivity index (χ4v) is 5.97. The second-order valence-electron chi connectivity index (χ2n) is 6.29. The number of anilines is 2. The van der Waals surface area contributed by atoms with Crippen molar-refractivity contribution < 1.29 is 14.3 Å². The Morgan fingerprint density at radius 2 is 2.15 bits per heavy atom. The third-order valence-corrected chi connectivity index (χ3v) is 7.40. The van der Waals surface area contributed by atoms with Crippen molar-refractivity contribution in [1.29, 1.82) is 0 Å². The monoisotopic (exact) mass is 426 g/mol. The summed E-state index contributed by atoms with van der Waals surface area (Å²) in [5, 5.41) is 15.4. The number of ether oxygens (including phenoxy) is 1. The van der Waals surface area contributed by atoms with E-state index in [-0.39, 0.29) is 17.6 Å². The van der Waals surface area contributed by atoms with E-state index in [0.717, 1.165) is 40.8 Å². The van der Waals surface area contributed by atoms with Crippen molar-refractivity contribution in [2.75, 3.05) is 30.0 Å². The van der Waals surface area contributed by atoms with Gasteiger partial charge in [-0.2, -0.15) is 0 Å². The van der Waals surface area contributed by atoms with Crippen molar-refractivity contribution in [3.05, 3.63) is 16.0 Å². The van der Waals surface area contributed by atoms with Crippen LogP contribution >= 0.6 is 34.4 Å². The second-order valence-corrected chi connectivity index (χ2v) is 9.59. The van der Waals surface area contributed by atoms with E-state index < -0.39 is 0 Å². The van der Waals surface area contributed by atoms with E-state index in [1.165, 1.54) is 46.4 Å². The molecular formula is C17H22N4O3S3. The van der Waals surface area contributed by atoms with Crippen LogP contribution in [0.25, 0.3) is 0 Å². The number of thiophene rings is 1. The van der Waals surface area contributed by atoms with Crippen LogP contribution in [0.2, 0.25) is 0 Å². The number of thioether (sulfide) groups is 1. The normalized spacial score (nSPS) is 15.9. The Bertz CT molecular complexity index is 834. The van der Waals surface area contributed by atoms with E-state index in [0.29, 0.717) is 16.5 Å². The Hall–Kier alpha value is -1.65. The number of esters is 1. The van der Waals surface area contributed by atoms with Gasteiger partial charge in [0, 0.05) is 11.4 Å². The maximum atomic E-state index is 12.4. The largest absolute Gasteiger partial charge is 0.465 e. The minimum Gasteiger partial charge on any atom is -0.465 e. The molecule has 146 valence electrons. The molecule has 2 heterocycles. The van der Waals surface area contributed by atoms with Gasteiger partial charge in [0.15, 0.2) is 4.34 Å².